The average molecular weight is 905 g/mol. The van der Waals surface area contributed by atoms with Crippen LogP contribution in [0.5, 0.6) is 23.0 Å². The number of thiocarbonyl (C=S) groups is 2. The largest absolute Gasteiger partial charge is 2.00 e. The Morgan fingerprint density at radius 1 is 0.508 bits per heavy atom. The van der Waals surface area contributed by atoms with E-state index in [1.54, 1.807) is 24.3 Å². The molecule has 17 heteroatoms. The first kappa shape index (κ1) is 46.6. The summed E-state index contributed by atoms with van der Waals surface area (Å²) in [7, 11) is 3.01. The molecule has 0 aliphatic carbocycles. The molecule has 1 radical (unpaired) electrons. The molecule has 0 spiro atoms. The van der Waals surface area contributed by atoms with Gasteiger partial charge in [-0.05, 0) is 98.9 Å². The van der Waals surface area contributed by atoms with E-state index in [0.29, 0.717) is 44.2 Å². The van der Waals surface area contributed by atoms with Crippen molar-refractivity contribution in [1.29, 1.82) is 0 Å². The van der Waals surface area contributed by atoms with Crippen molar-refractivity contribution in [2.45, 2.75) is 13.8 Å². The van der Waals surface area contributed by atoms with Gasteiger partial charge in [0.2, 0.25) is 11.5 Å². The van der Waals surface area contributed by atoms with Gasteiger partial charge in [-0.3, -0.25) is 10.9 Å². The monoisotopic (exact) mass is 903 g/mol. The van der Waals surface area contributed by atoms with Gasteiger partial charge in [0.1, 0.15) is 0 Å². The molecular formula is C44H44CuN10O4S2+4. The zero-order chi connectivity index (χ0) is 42.7. The van der Waals surface area contributed by atoms with Crippen molar-refractivity contribution >= 4 is 81.2 Å². The number of aryl methyl sites for hydroxylation is 2. The number of hydrogen-bond donors (Lipinski definition) is 4. The summed E-state index contributed by atoms with van der Waals surface area (Å²) in [6, 6.07) is 41.2. The molecule has 0 aliphatic heterocycles. The third-order valence-corrected chi connectivity index (χ3v) is 8.49. The molecule has 0 heterocycles. The van der Waals surface area contributed by atoms with Gasteiger partial charge in [-0.25, -0.2) is 0 Å². The van der Waals surface area contributed by atoms with Gasteiger partial charge in [0.05, 0.1) is 60.5 Å². The molecule has 0 fully saturated rings. The molecule has 0 saturated heterocycles. The molecule has 0 atom stereocenters. The summed E-state index contributed by atoms with van der Waals surface area (Å²) in [5.74, 6) is 1.14. The summed E-state index contributed by atoms with van der Waals surface area (Å²) in [5, 5.41) is 48.4. The fourth-order valence-electron chi connectivity index (χ4n) is 5.02. The van der Waals surface area contributed by atoms with Gasteiger partial charge >= 0.3 is 28.6 Å². The fraction of sp³-hybridized carbons (Fsp3) is 0.0909. The van der Waals surface area contributed by atoms with Gasteiger partial charge < -0.3 is 30.3 Å². The van der Waals surface area contributed by atoms with Crippen LogP contribution in [0.2, 0.25) is 0 Å². The van der Waals surface area contributed by atoms with E-state index in [2.05, 4.69) is 52.1 Å². The number of benzene rings is 6. The average Bonchev–Trinajstić information content (AvgIpc) is 3.26. The van der Waals surface area contributed by atoms with Crippen LogP contribution >= 0.6 is 24.4 Å². The van der Waals surface area contributed by atoms with Crippen LogP contribution in [0.4, 0.5) is 34.1 Å². The summed E-state index contributed by atoms with van der Waals surface area (Å²) in [4.78, 5) is 0. The maximum atomic E-state index is 8.26. The topological polar surface area (TPSA) is 187 Å². The summed E-state index contributed by atoms with van der Waals surface area (Å²) >= 11 is 10.5. The molecule has 313 valence electrons. The van der Waals surface area contributed by atoms with Crippen LogP contribution in [0.25, 0.3) is 0 Å². The SMILES string of the molecule is COc1cc(N=Nc2ccccc2)cc(C=NNC(=S)Nc2ccc(C)cc2)c1[OH2+].COc1cc(N=Nc2ccccc2)cc(C=NNC(=S)Nc2ccc(C)cc2)c1[OH2+].[Cu+2]. The second kappa shape index (κ2) is 24.1. The van der Waals surface area contributed by atoms with Crippen LogP contribution in [0.15, 0.2) is 164 Å². The smallest absolute Gasteiger partial charge is 0.590 e. The molecule has 6 rings (SSSR count). The second-order valence-electron chi connectivity index (χ2n) is 12.7. The van der Waals surface area contributed by atoms with Crippen LogP contribution in [0.1, 0.15) is 22.3 Å². The standard InChI is InChI=1S/2C22H21N5O2S.Cu/c2*1-15-8-10-17(11-9-15)24-22(30)27-23-14-16-12-19(13-20(29-2)21(16)28)26-25-18-6-4-3-5-7-18;/h2*3-14,28H,1-2H3,(H2,24,27,30);/q;;+2/p+2. The number of nitrogens with zero attached hydrogens (tertiary/aromatic N) is 6. The van der Waals surface area contributed by atoms with E-state index < -0.39 is 0 Å². The Kier molecular flexibility index (Phi) is 18.5. The quantitative estimate of drug-likeness (QED) is 0.0233. The van der Waals surface area contributed by atoms with Gasteiger partial charge in [0.25, 0.3) is 0 Å². The van der Waals surface area contributed by atoms with Crippen molar-refractivity contribution in [2.75, 3.05) is 24.9 Å². The van der Waals surface area contributed by atoms with Crippen molar-refractivity contribution in [3.63, 3.8) is 0 Å². The van der Waals surface area contributed by atoms with Gasteiger partial charge in [0, 0.05) is 23.5 Å². The molecule has 0 aliphatic rings. The molecule has 6 aromatic rings. The summed E-state index contributed by atoms with van der Waals surface area (Å²) in [6.45, 7) is 4.04. The first-order valence-corrected chi connectivity index (χ1v) is 19.1. The number of methoxy groups -OCH3 is 2. The second-order valence-corrected chi connectivity index (χ2v) is 13.5. The van der Waals surface area contributed by atoms with E-state index in [-0.39, 0.29) is 28.6 Å². The predicted octanol–water partition coefficient (Wildman–Crippen LogP) is 10.4. The Morgan fingerprint density at radius 3 is 1.20 bits per heavy atom. The third kappa shape index (κ3) is 15.3. The number of ether oxygens (including phenoxy) is 2. The first-order chi connectivity index (χ1) is 29.1. The molecule has 8 N–H and O–H groups in total. The Morgan fingerprint density at radius 2 is 0.852 bits per heavy atom. The summed E-state index contributed by atoms with van der Waals surface area (Å²) < 4.78 is 10.6. The van der Waals surface area contributed by atoms with Crippen molar-refractivity contribution in [3.05, 3.63) is 156 Å². The van der Waals surface area contributed by atoms with E-state index in [9.17, 15) is 0 Å². The maximum absolute atomic E-state index is 8.26. The normalized spacial score (nSPS) is 10.8. The molecule has 0 saturated carbocycles. The van der Waals surface area contributed by atoms with Crippen molar-refractivity contribution < 1.29 is 36.8 Å². The number of rotatable bonds is 12. The van der Waals surface area contributed by atoms with E-state index >= 15 is 0 Å². The number of anilines is 2. The molecule has 0 bridgehead atoms. The van der Waals surface area contributed by atoms with Crippen LogP contribution in [0.3, 0.4) is 0 Å². The van der Waals surface area contributed by atoms with E-state index in [4.69, 9.17) is 44.1 Å². The van der Waals surface area contributed by atoms with Gasteiger partial charge in [-0.1, -0.05) is 71.8 Å². The Bertz CT molecular complexity index is 2320. The van der Waals surface area contributed by atoms with Crippen molar-refractivity contribution in [1.82, 2.24) is 10.9 Å². The Hall–Kier alpha value is -7.04. The van der Waals surface area contributed by atoms with E-state index in [1.807, 2.05) is 123 Å². The van der Waals surface area contributed by atoms with Crippen molar-refractivity contribution in [3.8, 4) is 23.0 Å². The fourth-order valence-corrected chi connectivity index (χ4v) is 5.36. The molecular weight excluding hydrogens is 860 g/mol. The van der Waals surface area contributed by atoms with Crippen molar-refractivity contribution in [2.24, 2.45) is 30.7 Å². The maximum Gasteiger partial charge on any atom is 2.00 e. The number of azo groups is 2. The van der Waals surface area contributed by atoms with Gasteiger partial charge in [-0.2, -0.15) is 30.7 Å². The van der Waals surface area contributed by atoms with E-state index in [0.717, 1.165) is 22.7 Å². The summed E-state index contributed by atoms with van der Waals surface area (Å²) in [6.07, 6.45) is 2.99. The van der Waals surface area contributed by atoms with Gasteiger partial charge in [0.15, 0.2) is 10.2 Å². The number of hydrogen-bond acceptors (Lipinski definition) is 10. The Balaban J connectivity index is 0.000000264. The number of hydrazone groups is 2. The molecule has 0 aromatic heterocycles. The first-order valence-electron chi connectivity index (χ1n) is 18.2. The minimum Gasteiger partial charge on any atom is -0.590 e. The van der Waals surface area contributed by atoms with Crippen LogP contribution in [-0.4, -0.2) is 47.1 Å². The summed E-state index contributed by atoms with van der Waals surface area (Å²) in [5.41, 5.74) is 13.1. The van der Waals surface area contributed by atoms with Crippen LogP contribution < -0.4 is 31.0 Å². The van der Waals surface area contributed by atoms with Crippen LogP contribution in [-0.2, 0) is 17.1 Å². The molecule has 61 heavy (non-hydrogen) atoms. The number of nitrogens with one attached hydrogen (secondary N) is 4. The zero-order valence-electron chi connectivity index (χ0n) is 33.5. The van der Waals surface area contributed by atoms with E-state index in [1.165, 1.54) is 37.8 Å². The molecule has 0 unspecified atom stereocenters. The zero-order valence-corrected chi connectivity index (χ0v) is 36.0. The Labute approximate surface area is 375 Å². The minimum absolute atomic E-state index is 0. The minimum atomic E-state index is 0. The molecule has 0 amide bonds. The predicted molar refractivity (Wildman–Crippen MR) is 250 cm³/mol. The molecule has 14 nitrogen and oxygen atoms in total. The van der Waals surface area contributed by atoms with Gasteiger partial charge in [-0.15, -0.1) is 0 Å². The van der Waals surface area contributed by atoms with Crippen LogP contribution in [0, 0.1) is 13.8 Å². The third-order valence-electron chi connectivity index (χ3n) is 8.11. The molecule has 6 aromatic carbocycles.